The molecule has 12 heavy (non-hydrogen) atoms. The number of halogens is 2. The molecule has 1 heterocycles. The average Bonchev–Trinajstić information content (AvgIpc) is 2.35. The predicted molar refractivity (Wildman–Crippen MR) is 43.8 cm³/mol. The zero-order valence-electron chi connectivity index (χ0n) is 6.18. The van der Waals surface area contributed by atoms with Gasteiger partial charge in [-0.2, -0.15) is 0 Å². The quantitative estimate of drug-likeness (QED) is 0.673. The summed E-state index contributed by atoms with van der Waals surface area (Å²) in [5.74, 6) is 0.144. The van der Waals surface area contributed by atoms with Gasteiger partial charge in [-0.15, -0.1) is 0 Å². The maximum atomic E-state index is 12.9. The van der Waals surface area contributed by atoms with Crippen LogP contribution < -0.4 is 10.5 Å². The molecule has 0 saturated carbocycles. The van der Waals surface area contributed by atoms with Crippen LogP contribution in [0.1, 0.15) is 11.6 Å². The lowest BCUT2D eigenvalue weighted by Crippen LogP contribution is -2.10. The summed E-state index contributed by atoms with van der Waals surface area (Å²) < 4.78 is 18.1. The lowest BCUT2D eigenvalue weighted by atomic mass is 10.1. The summed E-state index contributed by atoms with van der Waals surface area (Å²) in [5.41, 5.74) is 6.32. The molecule has 0 saturated heterocycles. The first-order valence-electron chi connectivity index (χ1n) is 3.56. The lowest BCUT2D eigenvalue weighted by Gasteiger charge is -2.01. The molecule has 1 aliphatic heterocycles. The van der Waals surface area contributed by atoms with E-state index in [4.69, 9.17) is 22.1 Å². The van der Waals surface area contributed by atoms with E-state index < -0.39 is 5.82 Å². The van der Waals surface area contributed by atoms with Crippen molar-refractivity contribution in [1.29, 1.82) is 0 Å². The third kappa shape index (κ3) is 1.06. The number of rotatable bonds is 0. The molecular formula is C8H7ClFNO. The van der Waals surface area contributed by atoms with E-state index in [-0.39, 0.29) is 11.1 Å². The van der Waals surface area contributed by atoms with Crippen LogP contribution in [0.3, 0.4) is 0 Å². The number of ether oxygens (including phenoxy) is 1. The molecule has 1 aliphatic rings. The number of benzene rings is 1. The molecule has 2 N–H and O–H groups in total. The molecule has 0 amide bonds. The van der Waals surface area contributed by atoms with Gasteiger partial charge >= 0.3 is 0 Å². The molecule has 64 valence electrons. The fourth-order valence-electron chi connectivity index (χ4n) is 1.23. The molecule has 1 atom stereocenters. The Kier molecular flexibility index (Phi) is 1.70. The van der Waals surface area contributed by atoms with Crippen LogP contribution in [-0.4, -0.2) is 6.61 Å². The largest absolute Gasteiger partial charge is 0.491 e. The highest BCUT2D eigenvalue weighted by Crippen LogP contribution is 2.34. The van der Waals surface area contributed by atoms with Crippen LogP contribution in [0.25, 0.3) is 0 Å². The van der Waals surface area contributed by atoms with Crippen LogP contribution in [0.2, 0.25) is 5.02 Å². The zero-order chi connectivity index (χ0) is 8.72. The van der Waals surface area contributed by atoms with Crippen molar-refractivity contribution in [2.45, 2.75) is 6.04 Å². The summed E-state index contributed by atoms with van der Waals surface area (Å²) in [7, 11) is 0. The van der Waals surface area contributed by atoms with Gasteiger partial charge < -0.3 is 10.5 Å². The number of hydrogen-bond acceptors (Lipinski definition) is 2. The van der Waals surface area contributed by atoms with Crippen molar-refractivity contribution < 1.29 is 9.13 Å². The molecule has 0 aliphatic carbocycles. The first-order valence-corrected chi connectivity index (χ1v) is 3.93. The van der Waals surface area contributed by atoms with Gasteiger partial charge in [0.05, 0.1) is 11.1 Å². The molecule has 1 aromatic rings. The van der Waals surface area contributed by atoms with E-state index in [1.165, 1.54) is 12.1 Å². The Morgan fingerprint density at radius 2 is 2.33 bits per heavy atom. The predicted octanol–water partition coefficient (Wildman–Crippen LogP) is 1.87. The summed E-state index contributed by atoms with van der Waals surface area (Å²) in [4.78, 5) is 0. The van der Waals surface area contributed by atoms with Gasteiger partial charge in [0.1, 0.15) is 18.2 Å². The second-order valence-electron chi connectivity index (χ2n) is 2.72. The smallest absolute Gasteiger partial charge is 0.142 e. The third-order valence-corrected chi connectivity index (χ3v) is 2.16. The van der Waals surface area contributed by atoms with Crippen LogP contribution in [-0.2, 0) is 0 Å². The monoisotopic (exact) mass is 187 g/mol. The lowest BCUT2D eigenvalue weighted by molar-refractivity contribution is 0.333. The Morgan fingerprint density at radius 1 is 1.58 bits per heavy atom. The van der Waals surface area contributed by atoms with Gasteiger partial charge in [0.2, 0.25) is 0 Å². The second-order valence-corrected chi connectivity index (χ2v) is 3.13. The van der Waals surface area contributed by atoms with Gasteiger partial charge in [-0.3, -0.25) is 0 Å². The van der Waals surface area contributed by atoms with Crippen molar-refractivity contribution in [2.75, 3.05) is 6.61 Å². The van der Waals surface area contributed by atoms with Crippen molar-refractivity contribution in [3.63, 3.8) is 0 Å². The minimum Gasteiger partial charge on any atom is -0.491 e. The maximum absolute atomic E-state index is 12.9. The van der Waals surface area contributed by atoms with Gasteiger partial charge in [-0.05, 0) is 6.07 Å². The molecule has 0 aromatic heterocycles. The fraction of sp³-hybridized carbons (Fsp3) is 0.250. The second kappa shape index (κ2) is 2.61. The Bertz CT molecular complexity index is 329. The van der Waals surface area contributed by atoms with E-state index in [0.29, 0.717) is 17.9 Å². The fourth-order valence-corrected chi connectivity index (χ4v) is 1.38. The summed E-state index contributed by atoms with van der Waals surface area (Å²) in [6, 6.07) is 2.56. The first kappa shape index (κ1) is 7.83. The number of hydrogen-bond donors (Lipinski definition) is 1. The maximum Gasteiger partial charge on any atom is 0.142 e. The molecule has 0 radical (unpaired) electrons. The molecule has 2 rings (SSSR count). The Balaban J connectivity index is 2.56. The van der Waals surface area contributed by atoms with E-state index >= 15 is 0 Å². The highest BCUT2D eigenvalue weighted by Gasteiger charge is 2.22. The van der Waals surface area contributed by atoms with Gasteiger partial charge in [0.25, 0.3) is 0 Å². The van der Waals surface area contributed by atoms with Gasteiger partial charge in [0.15, 0.2) is 0 Å². The van der Waals surface area contributed by atoms with E-state index in [2.05, 4.69) is 0 Å². The Hall–Kier alpha value is -0.800. The molecule has 0 bridgehead atoms. The molecule has 1 unspecified atom stereocenters. The molecular weight excluding hydrogens is 181 g/mol. The topological polar surface area (TPSA) is 35.2 Å². The highest BCUT2D eigenvalue weighted by molar-refractivity contribution is 6.30. The minimum absolute atomic E-state index is 0.0721. The average molecular weight is 188 g/mol. The molecule has 0 fully saturated rings. The number of fused-ring (bicyclic) bond motifs is 1. The summed E-state index contributed by atoms with van der Waals surface area (Å²) in [6.07, 6.45) is 0. The Morgan fingerprint density at radius 3 is 3.08 bits per heavy atom. The summed E-state index contributed by atoms with van der Waals surface area (Å²) in [5, 5.41) is 0.0721. The third-order valence-electron chi connectivity index (χ3n) is 1.87. The van der Waals surface area contributed by atoms with E-state index in [9.17, 15) is 4.39 Å². The van der Waals surface area contributed by atoms with E-state index in [1.54, 1.807) is 0 Å². The van der Waals surface area contributed by atoms with Crippen molar-refractivity contribution >= 4 is 11.6 Å². The van der Waals surface area contributed by atoms with Crippen molar-refractivity contribution in [1.82, 2.24) is 0 Å². The van der Waals surface area contributed by atoms with Crippen LogP contribution in [0.5, 0.6) is 5.75 Å². The van der Waals surface area contributed by atoms with E-state index in [0.717, 1.165) is 0 Å². The van der Waals surface area contributed by atoms with E-state index in [1.807, 2.05) is 0 Å². The molecule has 0 spiro atoms. The minimum atomic E-state index is -0.448. The first-order chi connectivity index (χ1) is 5.68. The van der Waals surface area contributed by atoms with Crippen molar-refractivity contribution in [3.8, 4) is 5.75 Å². The van der Waals surface area contributed by atoms with Gasteiger partial charge in [0, 0.05) is 11.6 Å². The van der Waals surface area contributed by atoms with Gasteiger partial charge in [-0.1, -0.05) is 11.6 Å². The van der Waals surface area contributed by atoms with Crippen LogP contribution in [0, 0.1) is 5.82 Å². The molecule has 4 heteroatoms. The van der Waals surface area contributed by atoms with Gasteiger partial charge in [-0.25, -0.2) is 4.39 Å². The highest BCUT2D eigenvalue weighted by atomic mass is 35.5. The van der Waals surface area contributed by atoms with Crippen LogP contribution in [0.4, 0.5) is 4.39 Å². The standard InChI is InChI=1S/C8H7ClFNO/c9-5-2-8-4(1-6(5)10)7(11)3-12-8/h1-2,7H,3,11H2. The van der Waals surface area contributed by atoms with Crippen LogP contribution >= 0.6 is 11.6 Å². The zero-order valence-corrected chi connectivity index (χ0v) is 6.94. The molecule has 1 aromatic carbocycles. The summed E-state index contributed by atoms with van der Waals surface area (Å²) >= 11 is 5.54. The normalized spacial score (nSPS) is 20.4. The number of nitrogens with two attached hydrogens (primary N) is 1. The summed E-state index contributed by atoms with van der Waals surface area (Å²) in [6.45, 7) is 0.398. The molecule has 2 nitrogen and oxygen atoms in total. The van der Waals surface area contributed by atoms with Crippen molar-refractivity contribution in [2.24, 2.45) is 5.73 Å². The SMILES string of the molecule is NC1COc2cc(Cl)c(F)cc21. The van der Waals surface area contributed by atoms with Crippen molar-refractivity contribution in [3.05, 3.63) is 28.5 Å². The van der Waals surface area contributed by atoms with Crippen LogP contribution in [0.15, 0.2) is 12.1 Å². The Labute approximate surface area is 74.1 Å².